The van der Waals surface area contributed by atoms with Crippen LogP contribution in [0.5, 0.6) is 0 Å². The van der Waals surface area contributed by atoms with Crippen LogP contribution in [0.3, 0.4) is 0 Å². The summed E-state index contributed by atoms with van der Waals surface area (Å²) in [5.41, 5.74) is 5.46. The number of anilines is 3. The molecular formula is C25H27N3O3. The first-order valence-corrected chi connectivity index (χ1v) is 10.9. The number of carbonyl (C=O) groups is 2. The third-order valence-electron chi connectivity index (χ3n) is 6.60. The van der Waals surface area contributed by atoms with Crippen LogP contribution in [0.2, 0.25) is 0 Å². The molecule has 0 fully saturated rings. The molecule has 2 N–H and O–H groups in total. The van der Waals surface area contributed by atoms with Crippen LogP contribution >= 0.6 is 0 Å². The van der Waals surface area contributed by atoms with Crippen molar-refractivity contribution >= 4 is 28.8 Å². The third-order valence-corrected chi connectivity index (χ3v) is 6.60. The molecule has 1 atom stereocenters. The minimum Gasteiger partial charge on any atom is -0.462 e. The van der Waals surface area contributed by atoms with Gasteiger partial charge in [0.2, 0.25) is 0 Å². The zero-order chi connectivity index (χ0) is 21.8. The number of hydrogen-bond donors (Lipinski definition) is 2. The van der Waals surface area contributed by atoms with E-state index in [9.17, 15) is 9.59 Å². The summed E-state index contributed by atoms with van der Waals surface area (Å²) in [6, 6.07) is 10.2. The van der Waals surface area contributed by atoms with Gasteiger partial charge in [0.15, 0.2) is 5.78 Å². The molecule has 0 aromatic heterocycles. The van der Waals surface area contributed by atoms with Crippen LogP contribution in [0.15, 0.2) is 43.0 Å². The summed E-state index contributed by atoms with van der Waals surface area (Å²) in [6.07, 6.45) is 3.79. The Morgan fingerprint density at radius 2 is 1.97 bits per heavy atom. The maximum Gasteiger partial charge on any atom is 0.339 e. The molecule has 2 aromatic rings. The van der Waals surface area contributed by atoms with Crippen molar-refractivity contribution < 1.29 is 14.3 Å². The number of nitrogens with one attached hydrogen (secondary N) is 2. The summed E-state index contributed by atoms with van der Waals surface area (Å²) in [7, 11) is 0. The molecule has 1 spiro atoms. The van der Waals surface area contributed by atoms with Crippen molar-refractivity contribution in [2.45, 2.75) is 44.8 Å². The average Bonchev–Trinajstić information content (AvgIpc) is 3.24. The van der Waals surface area contributed by atoms with E-state index in [2.05, 4.69) is 41.2 Å². The Labute approximate surface area is 182 Å². The maximum atomic E-state index is 13.5. The van der Waals surface area contributed by atoms with Crippen molar-refractivity contribution in [3.8, 4) is 0 Å². The monoisotopic (exact) mass is 417 g/mol. The number of fused-ring (bicyclic) bond motifs is 4. The summed E-state index contributed by atoms with van der Waals surface area (Å²) in [5.74, 6) is -0.468. The smallest absolute Gasteiger partial charge is 0.339 e. The molecule has 3 aliphatic rings. The van der Waals surface area contributed by atoms with E-state index >= 15 is 0 Å². The fourth-order valence-corrected chi connectivity index (χ4v) is 5.33. The van der Waals surface area contributed by atoms with Gasteiger partial charge in [0.25, 0.3) is 0 Å². The fraction of sp³-hybridized carbons (Fsp3) is 0.360. The summed E-state index contributed by atoms with van der Waals surface area (Å²) in [4.78, 5) is 28.5. The average molecular weight is 418 g/mol. The first kappa shape index (κ1) is 19.7. The molecule has 5 rings (SSSR count). The highest BCUT2D eigenvalue weighted by Gasteiger charge is 2.46. The lowest BCUT2D eigenvalue weighted by atomic mass is 9.81. The van der Waals surface area contributed by atoms with Crippen LogP contribution in [0.4, 0.5) is 17.1 Å². The largest absolute Gasteiger partial charge is 0.462 e. The molecule has 6 nitrogen and oxygen atoms in total. The van der Waals surface area contributed by atoms with E-state index in [4.69, 9.17) is 4.74 Å². The Bertz CT molecular complexity index is 1080. The molecular weight excluding hydrogens is 390 g/mol. The van der Waals surface area contributed by atoms with E-state index in [0.29, 0.717) is 24.1 Å². The van der Waals surface area contributed by atoms with Gasteiger partial charge >= 0.3 is 5.97 Å². The molecule has 1 aliphatic carbocycles. The van der Waals surface area contributed by atoms with Crippen molar-refractivity contribution in [2.75, 3.05) is 28.7 Å². The van der Waals surface area contributed by atoms with Crippen molar-refractivity contribution in [3.63, 3.8) is 0 Å². The van der Waals surface area contributed by atoms with Gasteiger partial charge in [-0.25, -0.2) is 4.79 Å². The summed E-state index contributed by atoms with van der Waals surface area (Å²) >= 11 is 0. The zero-order valence-corrected chi connectivity index (χ0v) is 18.0. The highest BCUT2D eigenvalue weighted by Crippen LogP contribution is 2.50. The Morgan fingerprint density at radius 3 is 2.61 bits per heavy atom. The lowest BCUT2D eigenvalue weighted by molar-refractivity contribution is 0.0522. The van der Waals surface area contributed by atoms with E-state index < -0.39 is 5.97 Å². The number of nitrogens with zero attached hydrogens (tertiary/aromatic N) is 1. The highest BCUT2D eigenvalue weighted by atomic mass is 16.5. The molecule has 2 aromatic carbocycles. The van der Waals surface area contributed by atoms with Gasteiger partial charge in [-0.3, -0.25) is 4.79 Å². The Balaban J connectivity index is 1.65. The van der Waals surface area contributed by atoms with E-state index in [0.717, 1.165) is 29.9 Å². The maximum absolute atomic E-state index is 13.5. The number of ether oxygens (including phenoxy) is 1. The number of rotatable bonds is 4. The molecule has 0 radical (unpaired) electrons. The van der Waals surface area contributed by atoms with Crippen LogP contribution in [-0.4, -0.2) is 36.6 Å². The van der Waals surface area contributed by atoms with Crippen LogP contribution in [0.25, 0.3) is 0 Å². The standard InChI is InChI=1S/C25H27N3O3/c1-4-10-28-15(3)26-22-19(28)11-18(24(30)31-5-2)21-20(29)14-25(27-23(21)22)12-16-8-6-7-9-17(16)13-25/h4,6-9,11,15,26-27H,1,5,10,12-14H2,2-3H3. The number of carbonyl (C=O) groups excluding carboxylic acids is 2. The van der Waals surface area contributed by atoms with E-state index in [1.165, 1.54) is 11.1 Å². The number of ketones is 1. The number of Topliss-reactive ketones (excluding diaryl/α,β-unsaturated/α-hetero) is 1. The molecule has 0 bridgehead atoms. The lowest BCUT2D eigenvalue weighted by Gasteiger charge is -2.37. The molecule has 2 aliphatic heterocycles. The van der Waals surface area contributed by atoms with Crippen LogP contribution < -0.4 is 15.5 Å². The zero-order valence-electron chi connectivity index (χ0n) is 18.0. The number of esters is 1. The van der Waals surface area contributed by atoms with Gasteiger partial charge in [0.05, 0.1) is 46.5 Å². The first-order valence-electron chi connectivity index (χ1n) is 10.9. The van der Waals surface area contributed by atoms with Gasteiger partial charge < -0.3 is 20.3 Å². The van der Waals surface area contributed by atoms with Gasteiger partial charge in [-0.1, -0.05) is 30.3 Å². The predicted octanol–water partition coefficient (Wildman–Crippen LogP) is 4.16. The Kier molecular flexibility index (Phi) is 4.54. The SMILES string of the molecule is C=CCN1c2cc(C(=O)OCC)c3c(c2NC1C)NC1(CC3=O)Cc2ccccc2C1. The minimum atomic E-state index is -0.458. The first-order chi connectivity index (χ1) is 15.0. The molecule has 0 amide bonds. The third kappa shape index (κ3) is 3.00. The van der Waals surface area contributed by atoms with E-state index in [1.54, 1.807) is 13.0 Å². The minimum absolute atomic E-state index is 0.0102. The van der Waals surface area contributed by atoms with Crippen LogP contribution in [-0.2, 0) is 17.6 Å². The summed E-state index contributed by atoms with van der Waals surface area (Å²) in [6.45, 7) is 8.60. The molecule has 0 saturated carbocycles. The number of hydrogen-bond acceptors (Lipinski definition) is 6. The second kappa shape index (κ2) is 7.15. The number of benzene rings is 2. The van der Waals surface area contributed by atoms with Gasteiger partial charge in [-0.2, -0.15) is 0 Å². The molecule has 2 heterocycles. The van der Waals surface area contributed by atoms with Gasteiger partial charge in [-0.15, -0.1) is 6.58 Å². The normalized spacial score (nSPS) is 19.9. The van der Waals surface area contributed by atoms with Crippen molar-refractivity contribution in [3.05, 3.63) is 65.2 Å². The van der Waals surface area contributed by atoms with E-state index in [-0.39, 0.29) is 24.1 Å². The van der Waals surface area contributed by atoms with E-state index in [1.807, 2.05) is 18.2 Å². The summed E-state index contributed by atoms with van der Waals surface area (Å²) in [5, 5.41) is 7.24. The van der Waals surface area contributed by atoms with Gasteiger partial charge in [0, 0.05) is 13.0 Å². The van der Waals surface area contributed by atoms with Crippen LogP contribution in [0, 0.1) is 0 Å². The van der Waals surface area contributed by atoms with Gasteiger partial charge in [-0.05, 0) is 43.9 Å². The second-order valence-corrected chi connectivity index (χ2v) is 8.68. The van der Waals surface area contributed by atoms with Crippen molar-refractivity contribution in [2.24, 2.45) is 0 Å². The summed E-state index contributed by atoms with van der Waals surface area (Å²) < 4.78 is 5.31. The Hall–Kier alpha value is -3.28. The van der Waals surface area contributed by atoms with Crippen molar-refractivity contribution in [1.29, 1.82) is 0 Å². The highest BCUT2D eigenvalue weighted by molar-refractivity contribution is 6.16. The molecule has 0 saturated heterocycles. The molecule has 160 valence electrons. The second-order valence-electron chi connectivity index (χ2n) is 8.68. The van der Waals surface area contributed by atoms with Gasteiger partial charge in [0.1, 0.15) is 0 Å². The lowest BCUT2D eigenvalue weighted by Crippen LogP contribution is -2.45. The quantitative estimate of drug-likeness (QED) is 0.575. The van der Waals surface area contributed by atoms with Crippen LogP contribution in [0.1, 0.15) is 52.1 Å². The Morgan fingerprint density at radius 1 is 1.26 bits per heavy atom. The predicted molar refractivity (Wildman–Crippen MR) is 122 cm³/mol. The topological polar surface area (TPSA) is 70.7 Å². The molecule has 6 heteroatoms. The molecule has 1 unspecified atom stereocenters. The van der Waals surface area contributed by atoms with Crippen molar-refractivity contribution in [1.82, 2.24) is 0 Å². The molecule has 31 heavy (non-hydrogen) atoms. The fourth-order valence-electron chi connectivity index (χ4n) is 5.33.